The van der Waals surface area contributed by atoms with Gasteiger partial charge < -0.3 is 10.4 Å². The predicted octanol–water partition coefficient (Wildman–Crippen LogP) is 0.363. The first kappa shape index (κ1) is 14.7. The molecule has 0 saturated heterocycles. The molecule has 7 heteroatoms. The van der Waals surface area contributed by atoms with Crippen LogP contribution < -0.4 is 5.32 Å². The van der Waals surface area contributed by atoms with Gasteiger partial charge in [-0.3, -0.25) is 24.1 Å². The molecule has 0 radical (unpaired) electrons. The summed E-state index contributed by atoms with van der Waals surface area (Å²) in [6.45, 7) is 1.46. The van der Waals surface area contributed by atoms with Crippen molar-refractivity contribution in [3.8, 4) is 0 Å². The molecule has 0 saturated carbocycles. The Morgan fingerprint density at radius 2 is 1.86 bits per heavy atom. The molecule has 1 aliphatic rings. The molecule has 1 heterocycles. The fraction of sp³-hybridized carbons (Fsp3) is 0.286. The van der Waals surface area contributed by atoms with E-state index in [1.165, 1.54) is 32.2 Å². The number of nitrogens with one attached hydrogen (secondary N) is 1. The Labute approximate surface area is 120 Å². The third-order valence-corrected chi connectivity index (χ3v) is 3.34. The van der Waals surface area contributed by atoms with E-state index in [0.29, 0.717) is 0 Å². The van der Waals surface area contributed by atoms with Crippen molar-refractivity contribution in [3.63, 3.8) is 0 Å². The largest absolute Gasteiger partial charge is 0.481 e. The average molecular weight is 290 g/mol. The molecule has 0 aromatic heterocycles. The molecule has 1 atom stereocenters. The SMILES string of the molecule is CC(CNC(=O)c1ccc2c(c1)C(=O)N(C)C2=O)C(=O)O. The highest BCUT2D eigenvalue weighted by atomic mass is 16.4. The van der Waals surface area contributed by atoms with Gasteiger partial charge in [-0.15, -0.1) is 0 Å². The molecule has 3 amide bonds. The summed E-state index contributed by atoms with van der Waals surface area (Å²) in [5.41, 5.74) is 0.655. The van der Waals surface area contributed by atoms with Gasteiger partial charge >= 0.3 is 5.97 Å². The Bertz CT molecular complexity index is 653. The maximum Gasteiger partial charge on any atom is 0.308 e. The molecule has 1 aliphatic heterocycles. The normalized spacial score (nSPS) is 14.9. The van der Waals surface area contributed by atoms with Crippen LogP contribution in [0.4, 0.5) is 0 Å². The Balaban J connectivity index is 2.16. The number of hydrogen-bond donors (Lipinski definition) is 2. The lowest BCUT2D eigenvalue weighted by Crippen LogP contribution is -2.31. The Hall–Kier alpha value is -2.70. The van der Waals surface area contributed by atoms with Gasteiger partial charge in [0.05, 0.1) is 17.0 Å². The molecule has 1 unspecified atom stereocenters. The fourth-order valence-electron chi connectivity index (χ4n) is 1.94. The Kier molecular flexibility index (Phi) is 3.75. The highest BCUT2D eigenvalue weighted by molar-refractivity contribution is 6.21. The minimum atomic E-state index is -1.01. The first-order valence-electron chi connectivity index (χ1n) is 6.30. The van der Waals surface area contributed by atoms with Crippen molar-refractivity contribution in [2.75, 3.05) is 13.6 Å². The zero-order valence-electron chi connectivity index (χ0n) is 11.5. The van der Waals surface area contributed by atoms with Gasteiger partial charge in [0.15, 0.2) is 0 Å². The van der Waals surface area contributed by atoms with Crippen LogP contribution in [-0.4, -0.2) is 47.3 Å². The van der Waals surface area contributed by atoms with Crippen LogP contribution in [0.2, 0.25) is 0 Å². The molecule has 0 aliphatic carbocycles. The molecule has 0 spiro atoms. The van der Waals surface area contributed by atoms with Crippen LogP contribution >= 0.6 is 0 Å². The number of benzene rings is 1. The summed E-state index contributed by atoms with van der Waals surface area (Å²) in [5, 5.41) is 11.2. The van der Waals surface area contributed by atoms with Gasteiger partial charge in [-0.05, 0) is 18.2 Å². The van der Waals surface area contributed by atoms with Crippen molar-refractivity contribution in [2.24, 2.45) is 5.92 Å². The number of fused-ring (bicyclic) bond motifs is 1. The quantitative estimate of drug-likeness (QED) is 0.779. The highest BCUT2D eigenvalue weighted by Crippen LogP contribution is 2.22. The van der Waals surface area contributed by atoms with Crippen molar-refractivity contribution >= 4 is 23.7 Å². The predicted molar refractivity (Wildman–Crippen MR) is 72.0 cm³/mol. The topological polar surface area (TPSA) is 104 Å². The third-order valence-electron chi connectivity index (χ3n) is 3.34. The zero-order valence-corrected chi connectivity index (χ0v) is 11.5. The van der Waals surface area contributed by atoms with Crippen LogP contribution in [0.15, 0.2) is 18.2 Å². The minimum Gasteiger partial charge on any atom is -0.481 e. The second-order valence-electron chi connectivity index (χ2n) is 4.88. The standard InChI is InChI=1S/C14H14N2O5/c1-7(14(20)21)6-15-11(17)8-3-4-9-10(5-8)13(19)16(2)12(9)18/h3-5,7H,6H2,1-2H3,(H,15,17)(H,20,21). The molecular weight excluding hydrogens is 276 g/mol. The van der Waals surface area contributed by atoms with E-state index in [1.54, 1.807) is 0 Å². The number of carbonyl (C=O) groups excluding carboxylic acids is 3. The summed E-state index contributed by atoms with van der Waals surface area (Å²) < 4.78 is 0. The molecule has 2 N–H and O–H groups in total. The maximum atomic E-state index is 11.9. The molecule has 2 rings (SSSR count). The molecule has 0 fully saturated rings. The highest BCUT2D eigenvalue weighted by Gasteiger charge is 2.33. The van der Waals surface area contributed by atoms with E-state index in [9.17, 15) is 19.2 Å². The number of aliphatic carboxylic acids is 1. The Morgan fingerprint density at radius 1 is 1.24 bits per heavy atom. The van der Waals surface area contributed by atoms with Gasteiger partial charge in [0.25, 0.3) is 17.7 Å². The lowest BCUT2D eigenvalue weighted by Gasteiger charge is -2.08. The maximum absolute atomic E-state index is 11.9. The summed E-state index contributed by atoms with van der Waals surface area (Å²) in [5.74, 6) is -3.06. The van der Waals surface area contributed by atoms with Gasteiger partial charge in [0.1, 0.15) is 0 Å². The number of nitrogens with zero attached hydrogens (tertiary/aromatic N) is 1. The van der Waals surface area contributed by atoms with E-state index in [0.717, 1.165) is 4.90 Å². The zero-order chi connectivity index (χ0) is 15.7. The lowest BCUT2D eigenvalue weighted by atomic mass is 10.0. The molecular formula is C14H14N2O5. The van der Waals surface area contributed by atoms with E-state index in [2.05, 4.69) is 5.32 Å². The minimum absolute atomic E-state index is 0.0158. The van der Waals surface area contributed by atoms with Crippen LogP contribution in [0.25, 0.3) is 0 Å². The van der Waals surface area contributed by atoms with Gasteiger partial charge in [0.2, 0.25) is 0 Å². The van der Waals surface area contributed by atoms with E-state index in [1.807, 2.05) is 0 Å². The summed E-state index contributed by atoms with van der Waals surface area (Å²) in [4.78, 5) is 47.1. The smallest absolute Gasteiger partial charge is 0.308 e. The molecule has 1 aromatic rings. The average Bonchev–Trinajstić information content (AvgIpc) is 2.68. The monoisotopic (exact) mass is 290 g/mol. The number of carboxylic acids is 1. The van der Waals surface area contributed by atoms with Crippen LogP contribution in [0.3, 0.4) is 0 Å². The Morgan fingerprint density at radius 3 is 2.48 bits per heavy atom. The van der Waals surface area contributed by atoms with Crippen LogP contribution in [0.5, 0.6) is 0 Å². The van der Waals surface area contributed by atoms with Gasteiger partial charge in [-0.1, -0.05) is 6.92 Å². The number of carboxylic acid groups (broad SMARTS) is 1. The van der Waals surface area contributed by atoms with Crippen molar-refractivity contribution < 1.29 is 24.3 Å². The number of amides is 3. The van der Waals surface area contributed by atoms with Crippen LogP contribution in [0, 0.1) is 5.92 Å². The number of imide groups is 1. The van der Waals surface area contributed by atoms with Gasteiger partial charge in [0, 0.05) is 19.2 Å². The summed E-state index contributed by atoms with van der Waals surface area (Å²) in [7, 11) is 1.37. The third kappa shape index (κ3) is 2.62. The lowest BCUT2D eigenvalue weighted by molar-refractivity contribution is -0.140. The van der Waals surface area contributed by atoms with E-state index < -0.39 is 29.6 Å². The first-order valence-corrected chi connectivity index (χ1v) is 6.30. The van der Waals surface area contributed by atoms with Crippen molar-refractivity contribution in [1.82, 2.24) is 10.2 Å². The van der Waals surface area contributed by atoms with E-state index in [4.69, 9.17) is 5.11 Å². The van der Waals surface area contributed by atoms with E-state index in [-0.39, 0.29) is 23.2 Å². The summed E-state index contributed by atoms with van der Waals surface area (Å²) in [6.07, 6.45) is 0. The van der Waals surface area contributed by atoms with Crippen LogP contribution in [0.1, 0.15) is 38.0 Å². The fourth-order valence-corrected chi connectivity index (χ4v) is 1.94. The molecule has 0 bridgehead atoms. The number of rotatable bonds is 4. The number of carbonyl (C=O) groups is 4. The molecule has 110 valence electrons. The summed E-state index contributed by atoms with van der Waals surface area (Å²) >= 11 is 0. The molecule has 7 nitrogen and oxygen atoms in total. The van der Waals surface area contributed by atoms with Crippen LogP contribution in [-0.2, 0) is 4.79 Å². The second-order valence-corrected chi connectivity index (χ2v) is 4.88. The first-order chi connectivity index (χ1) is 9.82. The van der Waals surface area contributed by atoms with Gasteiger partial charge in [-0.2, -0.15) is 0 Å². The molecule has 21 heavy (non-hydrogen) atoms. The van der Waals surface area contributed by atoms with Crippen molar-refractivity contribution in [2.45, 2.75) is 6.92 Å². The van der Waals surface area contributed by atoms with Crippen molar-refractivity contribution in [1.29, 1.82) is 0 Å². The van der Waals surface area contributed by atoms with E-state index >= 15 is 0 Å². The number of hydrogen-bond acceptors (Lipinski definition) is 4. The second kappa shape index (κ2) is 5.35. The van der Waals surface area contributed by atoms with Crippen molar-refractivity contribution in [3.05, 3.63) is 34.9 Å². The molecule has 1 aromatic carbocycles. The van der Waals surface area contributed by atoms with Gasteiger partial charge in [-0.25, -0.2) is 0 Å². The summed E-state index contributed by atoms with van der Waals surface area (Å²) in [6, 6.07) is 4.21.